The highest BCUT2D eigenvalue weighted by atomic mass is 35.5. The van der Waals surface area contributed by atoms with Crippen LogP contribution in [-0.2, 0) is 4.79 Å². The summed E-state index contributed by atoms with van der Waals surface area (Å²) in [7, 11) is 0. The molecule has 98 valence electrons. The number of rotatable bonds is 5. The van der Waals surface area contributed by atoms with E-state index in [9.17, 15) is 14.0 Å². The van der Waals surface area contributed by atoms with E-state index < -0.39 is 23.6 Å². The molecule has 0 bridgehead atoms. The first-order chi connectivity index (χ1) is 8.43. The topological polar surface area (TPSA) is 66.4 Å². The number of carboxylic acid groups (broad SMARTS) is 1. The number of hydrogen-bond donors (Lipinski definition) is 2. The number of carbonyl (C=O) groups is 2. The Kier molecular flexibility index (Phi) is 5.09. The van der Waals surface area contributed by atoms with E-state index in [1.807, 2.05) is 0 Å². The molecule has 0 fully saturated rings. The predicted octanol–water partition coefficient (Wildman–Crippen LogP) is 2.32. The van der Waals surface area contributed by atoms with Gasteiger partial charge in [-0.3, -0.25) is 9.59 Å². The lowest BCUT2D eigenvalue weighted by molar-refractivity contribution is -0.141. The SMILES string of the molecule is CC(CCNC(=O)c1cccc(F)c1Cl)C(=O)O. The van der Waals surface area contributed by atoms with E-state index in [2.05, 4.69) is 5.32 Å². The molecule has 1 aromatic carbocycles. The fourth-order valence-corrected chi connectivity index (χ4v) is 1.51. The molecule has 2 N–H and O–H groups in total. The Labute approximate surface area is 109 Å². The van der Waals surface area contributed by atoms with Crippen LogP contribution in [0.2, 0.25) is 5.02 Å². The largest absolute Gasteiger partial charge is 0.481 e. The highest BCUT2D eigenvalue weighted by Gasteiger charge is 2.14. The zero-order valence-corrected chi connectivity index (χ0v) is 10.5. The van der Waals surface area contributed by atoms with Gasteiger partial charge in [0, 0.05) is 6.54 Å². The molecule has 0 aliphatic heterocycles. The van der Waals surface area contributed by atoms with Crippen LogP contribution in [0.25, 0.3) is 0 Å². The molecule has 18 heavy (non-hydrogen) atoms. The summed E-state index contributed by atoms with van der Waals surface area (Å²) in [5, 5.41) is 10.9. The van der Waals surface area contributed by atoms with Gasteiger partial charge in [0.2, 0.25) is 0 Å². The number of aliphatic carboxylic acids is 1. The summed E-state index contributed by atoms with van der Waals surface area (Å²) in [4.78, 5) is 22.2. The molecule has 1 rings (SSSR count). The van der Waals surface area contributed by atoms with Crippen molar-refractivity contribution in [2.24, 2.45) is 5.92 Å². The van der Waals surface area contributed by atoms with Crippen LogP contribution < -0.4 is 5.32 Å². The van der Waals surface area contributed by atoms with Gasteiger partial charge in [0.25, 0.3) is 5.91 Å². The van der Waals surface area contributed by atoms with Crippen molar-refractivity contribution in [1.29, 1.82) is 0 Å². The lowest BCUT2D eigenvalue weighted by atomic mass is 10.1. The van der Waals surface area contributed by atoms with Gasteiger partial charge in [0.15, 0.2) is 0 Å². The fraction of sp³-hybridized carbons (Fsp3) is 0.333. The first kappa shape index (κ1) is 14.4. The number of halogens is 2. The van der Waals surface area contributed by atoms with Gasteiger partial charge in [-0.15, -0.1) is 0 Å². The molecule has 6 heteroatoms. The molecule has 0 spiro atoms. The van der Waals surface area contributed by atoms with Gasteiger partial charge >= 0.3 is 5.97 Å². The quantitative estimate of drug-likeness (QED) is 0.865. The van der Waals surface area contributed by atoms with Crippen LogP contribution in [0, 0.1) is 11.7 Å². The lowest BCUT2D eigenvalue weighted by Crippen LogP contribution is -2.27. The average molecular weight is 274 g/mol. The normalized spacial score (nSPS) is 11.9. The first-order valence-electron chi connectivity index (χ1n) is 5.38. The van der Waals surface area contributed by atoms with Crippen molar-refractivity contribution in [2.75, 3.05) is 6.54 Å². The second-order valence-corrected chi connectivity index (χ2v) is 4.26. The minimum Gasteiger partial charge on any atom is -0.481 e. The Morgan fingerprint density at radius 1 is 1.50 bits per heavy atom. The van der Waals surface area contributed by atoms with Crippen molar-refractivity contribution in [1.82, 2.24) is 5.32 Å². The smallest absolute Gasteiger partial charge is 0.306 e. The third-order valence-corrected chi connectivity index (χ3v) is 2.86. The zero-order chi connectivity index (χ0) is 13.7. The van der Waals surface area contributed by atoms with Crippen molar-refractivity contribution >= 4 is 23.5 Å². The van der Waals surface area contributed by atoms with Crippen molar-refractivity contribution in [2.45, 2.75) is 13.3 Å². The summed E-state index contributed by atoms with van der Waals surface area (Å²) in [5.41, 5.74) is 0.0413. The number of benzene rings is 1. The van der Waals surface area contributed by atoms with Crippen molar-refractivity contribution in [3.63, 3.8) is 0 Å². The van der Waals surface area contributed by atoms with Gasteiger partial charge < -0.3 is 10.4 Å². The van der Waals surface area contributed by atoms with Crippen LogP contribution in [0.1, 0.15) is 23.7 Å². The standard InChI is InChI=1S/C12H13ClFNO3/c1-7(12(17)18)5-6-15-11(16)8-3-2-4-9(14)10(8)13/h2-4,7H,5-6H2,1H3,(H,15,16)(H,17,18). The van der Waals surface area contributed by atoms with Crippen molar-refractivity contribution in [3.05, 3.63) is 34.6 Å². The monoisotopic (exact) mass is 273 g/mol. The van der Waals surface area contributed by atoms with E-state index in [4.69, 9.17) is 16.7 Å². The molecule has 1 atom stereocenters. The number of hydrogen-bond acceptors (Lipinski definition) is 2. The fourth-order valence-electron chi connectivity index (χ4n) is 1.30. The number of nitrogens with one attached hydrogen (secondary N) is 1. The van der Waals surface area contributed by atoms with Crippen molar-refractivity contribution in [3.8, 4) is 0 Å². The maximum Gasteiger partial charge on any atom is 0.306 e. The van der Waals surface area contributed by atoms with Crippen LogP contribution in [-0.4, -0.2) is 23.5 Å². The third kappa shape index (κ3) is 3.70. The maximum atomic E-state index is 13.1. The molecule has 0 saturated heterocycles. The zero-order valence-electron chi connectivity index (χ0n) is 9.74. The summed E-state index contributed by atoms with van der Waals surface area (Å²) in [6.07, 6.45) is 0.300. The van der Waals surface area contributed by atoms with Gasteiger partial charge in [-0.2, -0.15) is 0 Å². The predicted molar refractivity (Wildman–Crippen MR) is 65.2 cm³/mol. The van der Waals surface area contributed by atoms with Crippen LogP contribution in [0.5, 0.6) is 0 Å². The Bertz CT molecular complexity index is 465. The Morgan fingerprint density at radius 2 is 2.17 bits per heavy atom. The van der Waals surface area contributed by atoms with E-state index in [-0.39, 0.29) is 17.1 Å². The van der Waals surface area contributed by atoms with Gasteiger partial charge in [0.1, 0.15) is 5.82 Å². The summed E-state index contributed by atoms with van der Waals surface area (Å²) < 4.78 is 13.1. The van der Waals surface area contributed by atoms with Crippen LogP contribution in [0.15, 0.2) is 18.2 Å². The van der Waals surface area contributed by atoms with E-state index in [1.165, 1.54) is 12.1 Å². The summed E-state index contributed by atoms with van der Waals surface area (Å²) in [6, 6.07) is 3.95. The Hall–Kier alpha value is -1.62. The molecule has 0 aromatic heterocycles. The van der Waals surface area contributed by atoms with E-state index >= 15 is 0 Å². The summed E-state index contributed by atoms with van der Waals surface area (Å²) >= 11 is 5.65. The number of carboxylic acids is 1. The second-order valence-electron chi connectivity index (χ2n) is 3.89. The molecule has 0 aliphatic rings. The molecular formula is C12H13ClFNO3. The van der Waals surface area contributed by atoms with Crippen LogP contribution in [0.4, 0.5) is 4.39 Å². The minimum absolute atomic E-state index is 0.0413. The average Bonchev–Trinajstić information content (AvgIpc) is 2.32. The van der Waals surface area contributed by atoms with Crippen molar-refractivity contribution < 1.29 is 19.1 Å². The molecular weight excluding hydrogens is 261 g/mol. The minimum atomic E-state index is -0.923. The lowest BCUT2D eigenvalue weighted by Gasteiger charge is -2.09. The number of amides is 1. The van der Waals surface area contributed by atoms with Gasteiger partial charge in [0.05, 0.1) is 16.5 Å². The highest BCUT2D eigenvalue weighted by Crippen LogP contribution is 2.19. The maximum absolute atomic E-state index is 13.1. The molecule has 1 aromatic rings. The van der Waals surface area contributed by atoms with E-state index in [0.717, 1.165) is 6.07 Å². The van der Waals surface area contributed by atoms with E-state index in [0.29, 0.717) is 6.42 Å². The molecule has 4 nitrogen and oxygen atoms in total. The van der Waals surface area contributed by atoms with Gasteiger partial charge in [-0.25, -0.2) is 4.39 Å². The molecule has 0 aliphatic carbocycles. The first-order valence-corrected chi connectivity index (χ1v) is 5.76. The third-order valence-electron chi connectivity index (χ3n) is 2.48. The molecule has 1 amide bonds. The number of carbonyl (C=O) groups excluding carboxylic acids is 1. The highest BCUT2D eigenvalue weighted by molar-refractivity contribution is 6.34. The molecule has 1 unspecified atom stereocenters. The molecule has 0 saturated carbocycles. The summed E-state index contributed by atoms with van der Waals surface area (Å²) in [5.74, 6) is -2.65. The second kappa shape index (κ2) is 6.35. The summed E-state index contributed by atoms with van der Waals surface area (Å²) in [6.45, 7) is 1.74. The van der Waals surface area contributed by atoms with Crippen LogP contribution >= 0.6 is 11.6 Å². The Morgan fingerprint density at radius 3 is 2.78 bits per heavy atom. The molecule has 0 radical (unpaired) electrons. The van der Waals surface area contributed by atoms with E-state index in [1.54, 1.807) is 6.92 Å². The van der Waals surface area contributed by atoms with Crippen LogP contribution in [0.3, 0.4) is 0 Å². The Balaban J connectivity index is 2.56. The molecule has 0 heterocycles. The van der Waals surface area contributed by atoms with Gasteiger partial charge in [-0.1, -0.05) is 24.6 Å². The van der Waals surface area contributed by atoms with Gasteiger partial charge in [-0.05, 0) is 18.6 Å².